The number of nitrogens with one attached hydrogen (secondary N) is 1. The predicted molar refractivity (Wildman–Crippen MR) is 78.4 cm³/mol. The van der Waals surface area contributed by atoms with Crippen molar-refractivity contribution in [3.05, 3.63) is 17.5 Å². The summed E-state index contributed by atoms with van der Waals surface area (Å²) in [7, 11) is 2.22. The van der Waals surface area contributed by atoms with Gasteiger partial charge < -0.3 is 14.7 Å². The Morgan fingerprint density at radius 2 is 2.25 bits per heavy atom. The van der Waals surface area contributed by atoms with Gasteiger partial charge in [0.1, 0.15) is 0 Å². The molecule has 5 heteroatoms. The van der Waals surface area contributed by atoms with E-state index in [0.717, 1.165) is 50.2 Å². The molecule has 0 amide bonds. The molecule has 1 aliphatic carbocycles. The normalized spacial score (nSPS) is 25.2. The average molecular weight is 278 g/mol. The van der Waals surface area contributed by atoms with Crippen LogP contribution in [0.4, 0.5) is 0 Å². The van der Waals surface area contributed by atoms with Gasteiger partial charge in [-0.05, 0) is 26.3 Å². The first-order valence-corrected chi connectivity index (χ1v) is 7.85. The highest BCUT2D eigenvalue weighted by atomic mass is 16.5. The number of piperazine rings is 1. The molecule has 1 saturated carbocycles. The van der Waals surface area contributed by atoms with Crippen LogP contribution in [0.2, 0.25) is 0 Å². The summed E-state index contributed by atoms with van der Waals surface area (Å²) in [6, 6.07) is 3.50. The second-order valence-electron chi connectivity index (χ2n) is 6.22. The van der Waals surface area contributed by atoms with E-state index in [1.807, 2.05) is 0 Å². The largest absolute Gasteiger partial charge is 0.360 e. The van der Waals surface area contributed by atoms with Gasteiger partial charge in [-0.1, -0.05) is 12.1 Å². The van der Waals surface area contributed by atoms with E-state index in [1.54, 1.807) is 0 Å². The molecule has 5 nitrogen and oxygen atoms in total. The Morgan fingerprint density at radius 1 is 1.40 bits per heavy atom. The molecule has 0 spiro atoms. The van der Waals surface area contributed by atoms with Crippen molar-refractivity contribution in [2.75, 3.05) is 26.7 Å². The van der Waals surface area contributed by atoms with Crippen molar-refractivity contribution in [2.24, 2.45) is 0 Å². The van der Waals surface area contributed by atoms with Crippen LogP contribution in [0.5, 0.6) is 0 Å². The van der Waals surface area contributed by atoms with Gasteiger partial charge in [-0.15, -0.1) is 0 Å². The van der Waals surface area contributed by atoms with E-state index in [9.17, 15) is 0 Å². The van der Waals surface area contributed by atoms with Gasteiger partial charge in [-0.2, -0.15) is 0 Å². The zero-order valence-electron chi connectivity index (χ0n) is 12.6. The molecule has 1 aromatic heterocycles. The molecule has 2 aliphatic rings. The van der Waals surface area contributed by atoms with Crippen molar-refractivity contribution in [3.63, 3.8) is 0 Å². The third kappa shape index (κ3) is 3.59. The minimum absolute atomic E-state index is 0.669. The molecule has 1 saturated heterocycles. The van der Waals surface area contributed by atoms with E-state index in [4.69, 9.17) is 4.52 Å². The number of rotatable bonds is 6. The van der Waals surface area contributed by atoms with Crippen LogP contribution in [-0.2, 0) is 13.1 Å². The Hall–Kier alpha value is -0.910. The van der Waals surface area contributed by atoms with Gasteiger partial charge in [0.15, 0.2) is 5.76 Å². The second-order valence-corrected chi connectivity index (χ2v) is 6.22. The molecule has 0 aromatic carbocycles. The summed E-state index contributed by atoms with van der Waals surface area (Å²) in [5.74, 6) is 0.997. The Morgan fingerprint density at radius 3 is 3.00 bits per heavy atom. The molecular formula is C15H26N4O. The molecule has 1 aliphatic heterocycles. The highest BCUT2D eigenvalue weighted by Gasteiger charge is 2.24. The van der Waals surface area contributed by atoms with Gasteiger partial charge in [0, 0.05) is 44.3 Å². The van der Waals surface area contributed by atoms with Crippen molar-refractivity contribution in [3.8, 4) is 0 Å². The van der Waals surface area contributed by atoms with Gasteiger partial charge >= 0.3 is 0 Å². The molecule has 3 rings (SSSR count). The maximum absolute atomic E-state index is 5.47. The summed E-state index contributed by atoms with van der Waals surface area (Å²) in [4.78, 5) is 4.94. The predicted octanol–water partition coefficient (Wildman–Crippen LogP) is 1.45. The molecule has 0 radical (unpaired) electrons. The first-order chi connectivity index (χ1) is 9.74. The van der Waals surface area contributed by atoms with E-state index < -0.39 is 0 Å². The topological polar surface area (TPSA) is 44.5 Å². The maximum Gasteiger partial charge on any atom is 0.151 e. The summed E-state index contributed by atoms with van der Waals surface area (Å²) in [5, 5.41) is 7.63. The summed E-state index contributed by atoms with van der Waals surface area (Å²) >= 11 is 0. The summed E-state index contributed by atoms with van der Waals surface area (Å²) in [6.07, 6.45) is 3.83. The number of aromatic nitrogens is 1. The Bertz CT molecular complexity index is 429. The third-order valence-electron chi connectivity index (χ3n) is 4.47. The van der Waals surface area contributed by atoms with Crippen LogP contribution in [0.15, 0.2) is 10.6 Å². The van der Waals surface area contributed by atoms with Crippen molar-refractivity contribution >= 4 is 0 Å². The van der Waals surface area contributed by atoms with Gasteiger partial charge in [0.05, 0.1) is 12.2 Å². The number of likely N-dealkylation sites (N-methyl/N-ethyl adjacent to an activating group) is 1. The molecule has 1 unspecified atom stereocenters. The van der Waals surface area contributed by atoms with Crippen molar-refractivity contribution in [1.29, 1.82) is 0 Å². The van der Waals surface area contributed by atoms with Crippen LogP contribution in [0, 0.1) is 0 Å². The quantitative estimate of drug-likeness (QED) is 0.853. The fourth-order valence-corrected chi connectivity index (χ4v) is 2.87. The van der Waals surface area contributed by atoms with Crippen molar-refractivity contribution in [1.82, 2.24) is 20.3 Å². The molecule has 2 heterocycles. The second kappa shape index (κ2) is 6.24. The molecule has 1 aromatic rings. The monoisotopic (exact) mass is 278 g/mol. The van der Waals surface area contributed by atoms with E-state index in [0.29, 0.717) is 6.04 Å². The Labute approximate surface area is 121 Å². The third-order valence-corrected chi connectivity index (χ3v) is 4.47. The fraction of sp³-hybridized carbons (Fsp3) is 0.800. The SMILES string of the molecule is CCC1CN(Cc2cc(CNC3CC3)no2)CCN1C. The zero-order chi connectivity index (χ0) is 13.9. The molecule has 1 atom stereocenters. The first-order valence-electron chi connectivity index (χ1n) is 7.85. The van der Waals surface area contributed by atoms with Gasteiger partial charge in [-0.3, -0.25) is 4.90 Å². The summed E-state index contributed by atoms with van der Waals surface area (Å²) in [5.41, 5.74) is 1.04. The van der Waals surface area contributed by atoms with Crippen LogP contribution in [0.3, 0.4) is 0 Å². The lowest BCUT2D eigenvalue weighted by molar-refractivity contribution is 0.0819. The number of hydrogen-bond acceptors (Lipinski definition) is 5. The molecule has 2 fully saturated rings. The van der Waals surface area contributed by atoms with E-state index in [1.165, 1.54) is 19.3 Å². The Balaban J connectivity index is 1.49. The van der Waals surface area contributed by atoms with Crippen LogP contribution < -0.4 is 5.32 Å². The van der Waals surface area contributed by atoms with Crippen LogP contribution >= 0.6 is 0 Å². The zero-order valence-corrected chi connectivity index (χ0v) is 12.6. The van der Waals surface area contributed by atoms with E-state index >= 15 is 0 Å². The van der Waals surface area contributed by atoms with Crippen LogP contribution in [-0.4, -0.2) is 53.7 Å². The molecule has 0 bridgehead atoms. The van der Waals surface area contributed by atoms with Crippen LogP contribution in [0.25, 0.3) is 0 Å². The first kappa shape index (κ1) is 14.0. The molecule has 20 heavy (non-hydrogen) atoms. The maximum atomic E-state index is 5.47. The van der Waals surface area contributed by atoms with Crippen molar-refractivity contribution in [2.45, 2.75) is 51.4 Å². The molecule has 1 N–H and O–H groups in total. The molecule has 112 valence electrons. The fourth-order valence-electron chi connectivity index (χ4n) is 2.87. The average Bonchev–Trinajstić information content (AvgIpc) is 3.18. The lowest BCUT2D eigenvalue weighted by atomic mass is 10.1. The lowest BCUT2D eigenvalue weighted by Gasteiger charge is -2.38. The van der Waals surface area contributed by atoms with Crippen molar-refractivity contribution < 1.29 is 4.52 Å². The van der Waals surface area contributed by atoms with Gasteiger partial charge in [0.2, 0.25) is 0 Å². The number of nitrogens with zero attached hydrogens (tertiary/aromatic N) is 3. The standard InChI is InChI=1S/C15H26N4O/c1-3-14-10-19(7-6-18(14)2)11-15-8-13(17-20-15)9-16-12-4-5-12/h8,12,14,16H,3-7,9-11H2,1-2H3. The van der Waals surface area contributed by atoms with Gasteiger partial charge in [-0.25, -0.2) is 0 Å². The smallest absolute Gasteiger partial charge is 0.151 e. The highest BCUT2D eigenvalue weighted by molar-refractivity contribution is 5.06. The highest BCUT2D eigenvalue weighted by Crippen LogP contribution is 2.19. The van der Waals surface area contributed by atoms with E-state index in [-0.39, 0.29) is 0 Å². The number of hydrogen-bond donors (Lipinski definition) is 1. The molecular weight excluding hydrogens is 252 g/mol. The minimum atomic E-state index is 0.669. The summed E-state index contributed by atoms with van der Waals surface area (Å²) in [6.45, 7) is 7.38. The van der Waals surface area contributed by atoms with Gasteiger partial charge in [0.25, 0.3) is 0 Å². The Kier molecular flexibility index (Phi) is 4.38. The lowest BCUT2D eigenvalue weighted by Crippen LogP contribution is -2.50. The summed E-state index contributed by atoms with van der Waals surface area (Å²) < 4.78 is 5.47. The van der Waals surface area contributed by atoms with E-state index in [2.05, 4.69) is 40.3 Å². The minimum Gasteiger partial charge on any atom is -0.360 e. The van der Waals surface area contributed by atoms with Crippen LogP contribution in [0.1, 0.15) is 37.6 Å².